The molecule has 0 aliphatic carbocycles. The van der Waals surface area contributed by atoms with E-state index >= 15 is 0 Å². The van der Waals surface area contributed by atoms with Gasteiger partial charge >= 0.3 is 0 Å². The van der Waals surface area contributed by atoms with Crippen LogP contribution >= 0.6 is 12.2 Å². The van der Waals surface area contributed by atoms with E-state index in [4.69, 9.17) is 16.6 Å². The standard InChI is InChI=1S/C11H12N2OS/c1-13(2)9-5-3-8(4-6-9)10-7-14-11(15)12-10/h3-7H,1-2H3,(H,12,15). The molecule has 0 saturated carbocycles. The number of anilines is 1. The first kappa shape index (κ1) is 9.98. The highest BCUT2D eigenvalue weighted by Crippen LogP contribution is 2.20. The van der Waals surface area contributed by atoms with Gasteiger partial charge in [-0.15, -0.1) is 0 Å². The molecule has 1 aromatic carbocycles. The number of hydrogen-bond acceptors (Lipinski definition) is 3. The molecule has 0 bridgehead atoms. The van der Waals surface area contributed by atoms with Gasteiger partial charge in [0.1, 0.15) is 6.26 Å². The van der Waals surface area contributed by atoms with Crippen molar-refractivity contribution in [2.75, 3.05) is 19.0 Å². The molecule has 0 saturated heterocycles. The molecular formula is C11H12N2OS. The molecular weight excluding hydrogens is 208 g/mol. The summed E-state index contributed by atoms with van der Waals surface area (Å²) in [4.78, 5) is 5.44. The zero-order valence-corrected chi connectivity index (χ0v) is 9.47. The Labute approximate surface area is 93.4 Å². The Bertz CT molecular complexity index is 496. The van der Waals surface area contributed by atoms with Crippen molar-refractivity contribution in [2.24, 2.45) is 0 Å². The van der Waals surface area contributed by atoms with Crippen LogP contribution in [-0.4, -0.2) is 19.1 Å². The summed E-state index contributed by atoms with van der Waals surface area (Å²) in [6.45, 7) is 0. The van der Waals surface area contributed by atoms with Crippen LogP contribution in [0, 0.1) is 4.84 Å². The van der Waals surface area contributed by atoms with Gasteiger partial charge in [-0.3, -0.25) is 0 Å². The molecule has 2 rings (SSSR count). The van der Waals surface area contributed by atoms with Crippen LogP contribution in [0.5, 0.6) is 0 Å². The van der Waals surface area contributed by atoms with Gasteiger partial charge in [0.05, 0.1) is 5.69 Å². The predicted molar refractivity (Wildman–Crippen MR) is 63.7 cm³/mol. The van der Waals surface area contributed by atoms with E-state index in [0.29, 0.717) is 4.84 Å². The first-order valence-corrected chi connectivity index (χ1v) is 5.03. The van der Waals surface area contributed by atoms with Gasteiger partial charge < -0.3 is 14.3 Å². The van der Waals surface area contributed by atoms with Crippen LogP contribution in [0.15, 0.2) is 34.9 Å². The van der Waals surface area contributed by atoms with Crippen LogP contribution in [0.4, 0.5) is 5.69 Å². The van der Waals surface area contributed by atoms with Gasteiger partial charge in [-0.25, -0.2) is 0 Å². The van der Waals surface area contributed by atoms with Crippen molar-refractivity contribution in [3.8, 4) is 11.3 Å². The van der Waals surface area contributed by atoms with E-state index in [1.54, 1.807) is 6.26 Å². The molecule has 1 aromatic heterocycles. The zero-order valence-electron chi connectivity index (χ0n) is 8.65. The highest BCUT2D eigenvalue weighted by molar-refractivity contribution is 7.71. The predicted octanol–water partition coefficient (Wildman–Crippen LogP) is 3.07. The fourth-order valence-corrected chi connectivity index (χ4v) is 1.52. The van der Waals surface area contributed by atoms with Crippen LogP contribution in [-0.2, 0) is 0 Å². The molecule has 0 spiro atoms. The average molecular weight is 220 g/mol. The Morgan fingerprint density at radius 1 is 1.20 bits per heavy atom. The van der Waals surface area contributed by atoms with E-state index in [9.17, 15) is 0 Å². The molecule has 0 radical (unpaired) electrons. The van der Waals surface area contributed by atoms with Gasteiger partial charge in [0.15, 0.2) is 0 Å². The highest BCUT2D eigenvalue weighted by atomic mass is 32.1. The Kier molecular flexibility index (Phi) is 2.60. The number of oxazole rings is 1. The number of benzene rings is 1. The smallest absolute Gasteiger partial charge is 0.266 e. The van der Waals surface area contributed by atoms with Crippen LogP contribution in [0.2, 0.25) is 0 Å². The van der Waals surface area contributed by atoms with Crippen LogP contribution in [0.25, 0.3) is 11.3 Å². The topological polar surface area (TPSA) is 32.2 Å². The average Bonchev–Trinajstić information content (AvgIpc) is 2.65. The van der Waals surface area contributed by atoms with E-state index in [0.717, 1.165) is 11.3 Å². The maximum Gasteiger partial charge on any atom is 0.266 e. The van der Waals surface area contributed by atoms with Crippen molar-refractivity contribution in [3.05, 3.63) is 35.4 Å². The number of rotatable bonds is 2. The number of nitrogens with zero attached hydrogens (tertiary/aromatic N) is 1. The van der Waals surface area contributed by atoms with E-state index in [1.807, 2.05) is 26.2 Å². The lowest BCUT2D eigenvalue weighted by atomic mass is 10.1. The first-order valence-electron chi connectivity index (χ1n) is 4.62. The van der Waals surface area contributed by atoms with Crippen molar-refractivity contribution >= 4 is 17.9 Å². The molecule has 0 aliphatic rings. The fraction of sp³-hybridized carbons (Fsp3) is 0.182. The summed E-state index contributed by atoms with van der Waals surface area (Å²) in [7, 11) is 4.03. The molecule has 0 atom stereocenters. The van der Waals surface area contributed by atoms with Crippen molar-refractivity contribution < 1.29 is 4.42 Å². The quantitative estimate of drug-likeness (QED) is 0.789. The van der Waals surface area contributed by atoms with Crippen molar-refractivity contribution in [3.63, 3.8) is 0 Å². The second-order valence-electron chi connectivity index (χ2n) is 3.50. The van der Waals surface area contributed by atoms with Gasteiger partial charge in [-0.05, 0) is 24.4 Å². The summed E-state index contributed by atoms with van der Waals surface area (Å²) in [5.41, 5.74) is 3.14. The lowest BCUT2D eigenvalue weighted by molar-refractivity contribution is 0.541. The number of hydrogen-bond donors (Lipinski definition) is 1. The number of aromatic nitrogens is 1. The maximum absolute atomic E-state index is 5.05. The van der Waals surface area contributed by atoms with Crippen LogP contribution in [0.1, 0.15) is 0 Å². The minimum atomic E-state index is 0.404. The van der Waals surface area contributed by atoms with Gasteiger partial charge in [0.25, 0.3) is 4.84 Å². The third kappa shape index (κ3) is 2.10. The molecule has 3 nitrogen and oxygen atoms in total. The van der Waals surface area contributed by atoms with Gasteiger partial charge in [0.2, 0.25) is 0 Å². The van der Waals surface area contributed by atoms with Crippen LogP contribution in [0.3, 0.4) is 0 Å². The minimum Gasteiger partial charge on any atom is -0.437 e. The van der Waals surface area contributed by atoms with Crippen molar-refractivity contribution in [1.82, 2.24) is 4.98 Å². The fourth-order valence-electron chi connectivity index (χ4n) is 1.36. The Morgan fingerprint density at radius 3 is 2.33 bits per heavy atom. The molecule has 0 amide bonds. The van der Waals surface area contributed by atoms with Crippen molar-refractivity contribution in [1.29, 1.82) is 0 Å². The summed E-state index contributed by atoms with van der Waals surface area (Å²) in [6.07, 6.45) is 1.63. The second-order valence-corrected chi connectivity index (χ2v) is 3.87. The third-order valence-electron chi connectivity index (χ3n) is 2.22. The molecule has 1 N–H and O–H groups in total. The van der Waals surface area contributed by atoms with Gasteiger partial charge in [-0.1, -0.05) is 12.1 Å². The maximum atomic E-state index is 5.05. The number of aromatic amines is 1. The normalized spacial score (nSPS) is 10.3. The Balaban J connectivity index is 2.35. The highest BCUT2D eigenvalue weighted by Gasteiger charge is 2.01. The third-order valence-corrected chi connectivity index (χ3v) is 2.41. The number of H-pyrrole nitrogens is 1. The molecule has 78 valence electrons. The molecule has 2 aromatic rings. The summed E-state index contributed by atoms with van der Waals surface area (Å²) >= 11 is 4.87. The van der Waals surface area contributed by atoms with Gasteiger partial charge in [0, 0.05) is 25.3 Å². The van der Waals surface area contributed by atoms with E-state index in [1.165, 1.54) is 5.69 Å². The largest absolute Gasteiger partial charge is 0.437 e. The monoisotopic (exact) mass is 220 g/mol. The zero-order chi connectivity index (χ0) is 10.8. The lowest BCUT2D eigenvalue weighted by Crippen LogP contribution is -2.07. The molecule has 1 heterocycles. The van der Waals surface area contributed by atoms with Gasteiger partial charge in [-0.2, -0.15) is 0 Å². The lowest BCUT2D eigenvalue weighted by Gasteiger charge is -2.12. The Hall–Kier alpha value is -1.55. The summed E-state index contributed by atoms with van der Waals surface area (Å²) in [5, 5.41) is 0. The van der Waals surface area contributed by atoms with E-state index in [-0.39, 0.29) is 0 Å². The molecule has 0 unspecified atom stereocenters. The Morgan fingerprint density at radius 2 is 1.87 bits per heavy atom. The molecule has 0 aliphatic heterocycles. The summed E-state index contributed by atoms with van der Waals surface area (Å²) < 4.78 is 5.05. The van der Waals surface area contributed by atoms with E-state index in [2.05, 4.69) is 22.0 Å². The number of nitrogens with one attached hydrogen (secondary N) is 1. The van der Waals surface area contributed by atoms with E-state index < -0.39 is 0 Å². The first-order chi connectivity index (χ1) is 7.16. The second kappa shape index (κ2) is 3.90. The summed E-state index contributed by atoms with van der Waals surface area (Å²) in [5.74, 6) is 0. The molecule has 0 fully saturated rings. The van der Waals surface area contributed by atoms with Crippen LogP contribution < -0.4 is 4.90 Å². The summed E-state index contributed by atoms with van der Waals surface area (Å²) in [6, 6.07) is 8.18. The molecule has 15 heavy (non-hydrogen) atoms. The molecule has 4 heteroatoms. The minimum absolute atomic E-state index is 0.404. The SMILES string of the molecule is CN(C)c1ccc(-c2coc(=S)[nH]2)cc1. The van der Waals surface area contributed by atoms with Crippen molar-refractivity contribution in [2.45, 2.75) is 0 Å².